The highest BCUT2D eigenvalue weighted by molar-refractivity contribution is 5.83. The summed E-state index contributed by atoms with van der Waals surface area (Å²) in [7, 11) is 0. The second kappa shape index (κ2) is 5.50. The van der Waals surface area contributed by atoms with E-state index in [2.05, 4.69) is 0 Å². The zero-order valence-electron chi connectivity index (χ0n) is 10.8. The summed E-state index contributed by atoms with van der Waals surface area (Å²) in [5.41, 5.74) is 14.0. The molecule has 0 radical (unpaired) electrons. The van der Waals surface area contributed by atoms with Crippen LogP contribution in [0.25, 0.3) is 0 Å². The SMILES string of the molecule is Cc1ccc(C(N)C(=O)N2CCC[C@@H](N)C2)cc1. The molecule has 0 saturated carbocycles. The van der Waals surface area contributed by atoms with E-state index in [1.165, 1.54) is 5.56 Å². The molecule has 1 unspecified atom stereocenters. The van der Waals surface area contributed by atoms with Crippen molar-refractivity contribution in [3.8, 4) is 0 Å². The summed E-state index contributed by atoms with van der Waals surface area (Å²) >= 11 is 0. The normalized spacial score (nSPS) is 21.7. The molecular weight excluding hydrogens is 226 g/mol. The number of hydrogen-bond donors (Lipinski definition) is 2. The molecule has 0 aromatic heterocycles. The fraction of sp³-hybridized carbons (Fsp3) is 0.500. The molecule has 1 amide bonds. The highest BCUT2D eigenvalue weighted by Gasteiger charge is 2.26. The number of nitrogens with two attached hydrogens (primary N) is 2. The highest BCUT2D eigenvalue weighted by Crippen LogP contribution is 2.17. The van der Waals surface area contributed by atoms with Crippen molar-refractivity contribution >= 4 is 5.91 Å². The maximum atomic E-state index is 12.3. The van der Waals surface area contributed by atoms with Gasteiger partial charge < -0.3 is 16.4 Å². The second-order valence-corrected chi connectivity index (χ2v) is 5.07. The summed E-state index contributed by atoms with van der Waals surface area (Å²) in [5.74, 6) is -0.0194. The third kappa shape index (κ3) is 2.89. The van der Waals surface area contributed by atoms with Gasteiger partial charge in [-0.3, -0.25) is 4.79 Å². The van der Waals surface area contributed by atoms with Gasteiger partial charge in [-0.05, 0) is 25.3 Å². The van der Waals surface area contributed by atoms with Crippen molar-refractivity contribution in [1.82, 2.24) is 4.90 Å². The van der Waals surface area contributed by atoms with Crippen LogP contribution in [0.1, 0.15) is 30.0 Å². The average Bonchev–Trinajstić information content (AvgIpc) is 2.38. The minimum Gasteiger partial charge on any atom is -0.339 e. The van der Waals surface area contributed by atoms with Crippen LogP contribution in [0.2, 0.25) is 0 Å². The number of rotatable bonds is 2. The van der Waals surface area contributed by atoms with Crippen LogP contribution in [0.3, 0.4) is 0 Å². The van der Waals surface area contributed by atoms with Crippen molar-refractivity contribution in [3.05, 3.63) is 35.4 Å². The number of likely N-dealkylation sites (tertiary alicyclic amines) is 1. The van der Waals surface area contributed by atoms with Crippen molar-refractivity contribution in [2.45, 2.75) is 31.8 Å². The second-order valence-electron chi connectivity index (χ2n) is 5.07. The first-order valence-electron chi connectivity index (χ1n) is 6.44. The van der Waals surface area contributed by atoms with E-state index >= 15 is 0 Å². The van der Waals surface area contributed by atoms with Gasteiger partial charge in [-0.15, -0.1) is 0 Å². The van der Waals surface area contributed by atoms with E-state index in [0.29, 0.717) is 6.54 Å². The van der Waals surface area contributed by atoms with E-state index in [4.69, 9.17) is 11.5 Å². The van der Waals surface area contributed by atoms with Gasteiger partial charge in [-0.25, -0.2) is 0 Å². The van der Waals surface area contributed by atoms with Gasteiger partial charge in [0.25, 0.3) is 0 Å². The van der Waals surface area contributed by atoms with Gasteiger partial charge >= 0.3 is 0 Å². The fourth-order valence-corrected chi connectivity index (χ4v) is 2.32. The molecule has 1 aliphatic rings. The van der Waals surface area contributed by atoms with Gasteiger partial charge in [0.2, 0.25) is 5.91 Å². The molecule has 1 heterocycles. The molecule has 2 atom stereocenters. The first kappa shape index (κ1) is 13.1. The van der Waals surface area contributed by atoms with Crippen LogP contribution in [0, 0.1) is 6.92 Å². The Morgan fingerprint density at radius 2 is 2.06 bits per heavy atom. The van der Waals surface area contributed by atoms with Crippen molar-refractivity contribution in [2.75, 3.05) is 13.1 Å². The summed E-state index contributed by atoms with van der Waals surface area (Å²) in [6, 6.07) is 7.31. The van der Waals surface area contributed by atoms with Crippen LogP contribution in [-0.4, -0.2) is 29.9 Å². The number of nitrogens with zero attached hydrogens (tertiary/aromatic N) is 1. The molecule has 4 N–H and O–H groups in total. The summed E-state index contributed by atoms with van der Waals surface area (Å²) in [4.78, 5) is 14.1. The Labute approximate surface area is 108 Å². The summed E-state index contributed by atoms with van der Waals surface area (Å²) in [5, 5.41) is 0. The van der Waals surface area contributed by atoms with Gasteiger partial charge in [-0.2, -0.15) is 0 Å². The van der Waals surface area contributed by atoms with Gasteiger partial charge in [0.15, 0.2) is 0 Å². The molecule has 98 valence electrons. The standard InChI is InChI=1S/C14H21N3O/c1-10-4-6-11(7-5-10)13(16)14(18)17-8-2-3-12(15)9-17/h4-7,12-13H,2-3,8-9,15-16H2,1H3/t12-,13?/m1/s1. The summed E-state index contributed by atoms with van der Waals surface area (Å²) in [6.07, 6.45) is 1.96. The van der Waals surface area contributed by atoms with E-state index < -0.39 is 6.04 Å². The number of carbonyl (C=O) groups excluding carboxylic acids is 1. The molecule has 1 aliphatic heterocycles. The lowest BCUT2D eigenvalue weighted by Crippen LogP contribution is -2.48. The first-order chi connectivity index (χ1) is 8.58. The Balaban J connectivity index is 2.06. The van der Waals surface area contributed by atoms with E-state index in [1.54, 1.807) is 4.90 Å². The highest BCUT2D eigenvalue weighted by atomic mass is 16.2. The predicted octanol–water partition coefficient (Wildman–Crippen LogP) is 0.945. The zero-order chi connectivity index (χ0) is 13.1. The lowest BCUT2D eigenvalue weighted by molar-refractivity contribution is -0.133. The number of benzene rings is 1. The van der Waals surface area contributed by atoms with Crippen LogP contribution in [0.15, 0.2) is 24.3 Å². The molecule has 1 aromatic rings. The molecule has 1 aromatic carbocycles. The minimum absolute atomic E-state index is 0.0194. The topological polar surface area (TPSA) is 72.4 Å². The van der Waals surface area contributed by atoms with Crippen molar-refractivity contribution < 1.29 is 4.79 Å². The monoisotopic (exact) mass is 247 g/mol. The molecule has 1 fully saturated rings. The Bertz CT molecular complexity index is 416. The van der Waals surface area contributed by atoms with Crippen LogP contribution < -0.4 is 11.5 Å². The van der Waals surface area contributed by atoms with Crippen LogP contribution in [0.4, 0.5) is 0 Å². The molecular formula is C14H21N3O. The van der Waals surface area contributed by atoms with E-state index in [0.717, 1.165) is 24.9 Å². The first-order valence-corrected chi connectivity index (χ1v) is 6.44. The lowest BCUT2D eigenvalue weighted by atomic mass is 10.0. The van der Waals surface area contributed by atoms with Crippen LogP contribution >= 0.6 is 0 Å². The van der Waals surface area contributed by atoms with Gasteiger partial charge in [0, 0.05) is 19.1 Å². The number of carbonyl (C=O) groups is 1. The van der Waals surface area contributed by atoms with Crippen molar-refractivity contribution in [1.29, 1.82) is 0 Å². The average molecular weight is 247 g/mol. The molecule has 0 bridgehead atoms. The van der Waals surface area contributed by atoms with E-state index in [-0.39, 0.29) is 11.9 Å². The van der Waals surface area contributed by atoms with Crippen LogP contribution in [0.5, 0.6) is 0 Å². The van der Waals surface area contributed by atoms with E-state index in [9.17, 15) is 4.79 Å². The largest absolute Gasteiger partial charge is 0.339 e. The Hall–Kier alpha value is -1.39. The quantitative estimate of drug-likeness (QED) is 0.817. The molecule has 1 saturated heterocycles. The third-order valence-electron chi connectivity index (χ3n) is 3.47. The third-order valence-corrected chi connectivity index (χ3v) is 3.47. The fourth-order valence-electron chi connectivity index (χ4n) is 2.32. The predicted molar refractivity (Wildman–Crippen MR) is 71.9 cm³/mol. The molecule has 0 aliphatic carbocycles. The van der Waals surface area contributed by atoms with Gasteiger partial charge in [0.1, 0.15) is 6.04 Å². The summed E-state index contributed by atoms with van der Waals surface area (Å²) < 4.78 is 0. The molecule has 18 heavy (non-hydrogen) atoms. The van der Waals surface area contributed by atoms with Crippen LogP contribution in [-0.2, 0) is 4.79 Å². The maximum Gasteiger partial charge on any atom is 0.244 e. The number of amides is 1. The zero-order valence-corrected chi connectivity index (χ0v) is 10.8. The molecule has 4 nitrogen and oxygen atoms in total. The Kier molecular flexibility index (Phi) is 3.99. The Morgan fingerprint density at radius 3 is 2.67 bits per heavy atom. The minimum atomic E-state index is -0.573. The lowest BCUT2D eigenvalue weighted by Gasteiger charge is -2.32. The van der Waals surface area contributed by atoms with Gasteiger partial charge in [0.05, 0.1) is 0 Å². The molecule has 2 rings (SSSR count). The molecule has 0 spiro atoms. The molecule has 4 heteroatoms. The smallest absolute Gasteiger partial charge is 0.244 e. The number of aryl methyl sites for hydroxylation is 1. The Morgan fingerprint density at radius 1 is 1.39 bits per heavy atom. The number of piperidine rings is 1. The van der Waals surface area contributed by atoms with Crippen molar-refractivity contribution in [3.63, 3.8) is 0 Å². The maximum absolute atomic E-state index is 12.3. The van der Waals surface area contributed by atoms with Gasteiger partial charge in [-0.1, -0.05) is 29.8 Å². The number of hydrogen-bond acceptors (Lipinski definition) is 3. The van der Waals surface area contributed by atoms with Crippen molar-refractivity contribution in [2.24, 2.45) is 11.5 Å². The summed E-state index contributed by atoms with van der Waals surface area (Å²) in [6.45, 7) is 3.41. The van der Waals surface area contributed by atoms with E-state index in [1.807, 2.05) is 31.2 Å².